The number of rotatable bonds is 4. The zero-order chi connectivity index (χ0) is 18.4. The number of aromatic nitrogens is 1. The third-order valence-corrected chi connectivity index (χ3v) is 4.83. The summed E-state index contributed by atoms with van der Waals surface area (Å²) in [5, 5.41) is 9.36. The number of nitrogens with one attached hydrogen (secondary N) is 2. The van der Waals surface area contributed by atoms with E-state index in [2.05, 4.69) is 4.98 Å². The average Bonchev–Trinajstić information content (AvgIpc) is 2.93. The number of carboxylic acid groups (broad SMARTS) is 1. The van der Waals surface area contributed by atoms with Crippen LogP contribution in [-0.2, 0) is 10.0 Å². The number of aromatic amines is 1. The molecule has 3 N–H and O–H groups in total. The molecule has 25 heavy (non-hydrogen) atoms. The minimum absolute atomic E-state index is 0.00365. The largest absolute Gasteiger partial charge is 0.478 e. The number of aromatic carboxylic acids is 1. The van der Waals surface area contributed by atoms with Crippen LogP contribution < -0.4 is 4.72 Å². The van der Waals surface area contributed by atoms with Gasteiger partial charge in [-0.15, -0.1) is 0 Å². The smallest absolute Gasteiger partial charge is 0.337 e. The number of H-pyrrole nitrogens is 1. The van der Waals surface area contributed by atoms with Gasteiger partial charge in [-0.1, -0.05) is 0 Å². The van der Waals surface area contributed by atoms with E-state index >= 15 is 0 Å². The SMILES string of the molecule is O=C(O)c1c[nH]c2cc(NS(=O)(=O)c3cc(F)c(F)cc3F)ccc12. The van der Waals surface area contributed by atoms with Gasteiger partial charge in [-0.05, 0) is 18.2 Å². The summed E-state index contributed by atoms with van der Waals surface area (Å²) in [6.07, 6.45) is 1.24. The topological polar surface area (TPSA) is 99.3 Å². The fourth-order valence-corrected chi connectivity index (χ4v) is 3.41. The Hall–Kier alpha value is -3.01. The van der Waals surface area contributed by atoms with Crippen molar-refractivity contribution < 1.29 is 31.5 Å². The number of carbonyl (C=O) groups is 1. The Morgan fingerprint density at radius 1 is 1.04 bits per heavy atom. The molecule has 0 amide bonds. The number of anilines is 1. The van der Waals surface area contributed by atoms with E-state index in [0.717, 1.165) is 0 Å². The summed E-state index contributed by atoms with van der Waals surface area (Å²) in [6, 6.07) is 4.28. The number of hydrogen-bond acceptors (Lipinski definition) is 3. The van der Waals surface area contributed by atoms with E-state index in [1.807, 2.05) is 4.72 Å². The van der Waals surface area contributed by atoms with E-state index in [4.69, 9.17) is 5.11 Å². The molecule has 3 aromatic rings. The third-order valence-electron chi connectivity index (χ3n) is 3.43. The average molecular weight is 370 g/mol. The third kappa shape index (κ3) is 3.03. The van der Waals surface area contributed by atoms with Crippen molar-refractivity contribution in [3.8, 4) is 0 Å². The summed E-state index contributed by atoms with van der Waals surface area (Å²) in [5.41, 5.74) is 0.301. The number of halogens is 3. The van der Waals surface area contributed by atoms with Crippen LogP contribution >= 0.6 is 0 Å². The lowest BCUT2D eigenvalue weighted by atomic mass is 10.1. The monoisotopic (exact) mass is 370 g/mol. The summed E-state index contributed by atoms with van der Waals surface area (Å²) >= 11 is 0. The highest BCUT2D eigenvalue weighted by Gasteiger charge is 2.22. The van der Waals surface area contributed by atoms with Crippen LogP contribution in [0.3, 0.4) is 0 Å². The number of benzene rings is 2. The first kappa shape index (κ1) is 16.8. The molecule has 1 aromatic heterocycles. The van der Waals surface area contributed by atoms with Gasteiger partial charge < -0.3 is 10.1 Å². The second-order valence-electron chi connectivity index (χ2n) is 5.07. The Labute approximate surface area is 139 Å². The van der Waals surface area contributed by atoms with E-state index < -0.39 is 38.3 Å². The highest BCUT2D eigenvalue weighted by molar-refractivity contribution is 7.92. The van der Waals surface area contributed by atoms with Crippen LogP contribution in [0.15, 0.2) is 41.4 Å². The molecule has 0 bridgehead atoms. The van der Waals surface area contributed by atoms with Gasteiger partial charge >= 0.3 is 5.97 Å². The number of fused-ring (bicyclic) bond motifs is 1. The molecular weight excluding hydrogens is 361 g/mol. The molecule has 2 aromatic carbocycles. The Kier molecular flexibility index (Phi) is 3.91. The predicted octanol–water partition coefficient (Wildman–Crippen LogP) is 3.08. The maximum Gasteiger partial charge on any atom is 0.337 e. The van der Waals surface area contributed by atoms with Crippen molar-refractivity contribution >= 4 is 32.6 Å². The van der Waals surface area contributed by atoms with Gasteiger partial charge in [0.15, 0.2) is 11.6 Å². The van der Waals surface area contributed by atoms with Crippen LogP contribution in [0.25, 0.3) is 10.9 Å². The van der Waals surface area contributed by atoms with Crippen molar-refractivity contribution in [3.05, 3.63) is 59.5 Å². The molecule has 0 aliphatic rings. The van der Waals surface area contributed by atoms with Crippen LogP contribution in [0.2, 0.25) is 0 Å². The highest BCUT2D eigenvalue weighted by Crippen LogP contribution is 2.25. The van der Waals surface area contributed by atoms with Crippen molar-refractivity contribution in [1.29, 1.82) is 0 Å². The summed E-state index contributed by atoms with van der Waals surface area (Å²) in [6.45, 7) is 0. The van der Waals surface area contributed by atoms with Gasteiger partial charge in [0, 0.05) is 29.2 Å². The van der Waals surface area contributed by atoms with Crippen molar-refractivity contribution in [2.45, 2.75) is 4.90 Å². The summed E-state index contributed by atoms with van der Waals surface area (Å²) < 4.78 is 66.2. The van der Waals surface area contributed by atoms with Gasteiger partial charge in [0.05, 0.1) is 11.3 Å². The lowest BCUT2D eigenvalue weighted by Gasteiger charge is -2.09. The standard InChI is InChI=1S/C15H9F3N2O4S/c16-10-4-12(18)14(5-11(10)17)25(23,24)20-7-1-2-8-9(15(21)22)6-19-13(8)3-7/h1-6,19-20H,(H,21,22). The Balaban J connectivity index is 2.00. The number of hydrogen-bond donors (Lipinski definition) is 3. The minimum atomic E-state index is -4.52. The summed E-state index contributed by atoms with van der Waals surface area (Å²) in [5.74, 6) is -5.62. The Morgan fingerprint density at radius 2 is 1.72 bits per heavy atom. The summed E-state index contributed by atoms with van der Waals surface area (Å²) in [7, 11) is -4.52. The van der Waals surface area contributed by atoms with Crippen molar-refractivity contribution in [2.24, 2.45) is 0 Å². The van der Waals surface area contributed by atoms with Crippen LogP contribution in [0.1, 0.15) is 10.4 Å². The van der Waals surface area contributed by atoms with Crippen molar-refractivity contribution in [2.75, 3.05) is 4.72 Å². The molecule has 0 aliphatic carbocycles. The molecule has 0 fully saturated rings. The minimum Gasteiger partial charge on any atom is -0.478 e. The predicted molar refractivity (Wildman–Crippen MR) is 82.4 cm³/mol. The van der Waals surface area contributed by atoms with Crippen LogP contribution in [0, 0.1) is 17.5 Å². The van der Waals surface area contributed by atoms with E-state index in [-0.39, 0.29) is 23.4 Å². The molecule has 0 unspecified atom stereocenters. The molecule has 0 aliphatic heterocycles. The molecule has 1 heterocycles. The first-order chi connectivity index (χ1) is 11.7. The van der Waals surface area contributed by atoms with Crippen LogP contribution in [-0.4, -0.2) is 24.5 Å². The normalized spacial score (nSPS) is 11.6. The quantitative estimate of drug-likeness (QED) is 0.615. The van der Waals surface area contributed by atoms with Gasteiger partial charge in [0.25, 0.3) is 10.0 Å². The first-order valence-corrected chi connectivity index (χ1v) is 8.19. The van der Waals surface area contributed by atoms with Gasteiger partial charge in [-0.3, -0.25) is 4.72 Å². The van der Waals surface area contributed by atoms with Gasteiger partial charge in [0.1, 0.15) is 10.7 Å². The zero-order valence-corrected chi connectivity index (χ0v) is 13.0. The van der Waals surface area contributed by atoms with Crippen molar-refractivity contribution in [1.82, 2.24) is 4.98 Å². The summed E-state index contributed by atoms with van der Waals surface area (Å²) in [4.78, 5) is 12.6. The molecule has 3 rings (SSSR count). The fraction of sp³-hybridized carbons (Fsp3) is 0. The van der Waals surface area contributed by atoms with Crippen molar-refractivity contribution in [3.63, 3.8) is 0 Å². The number of sulfonamides is 1. The van der Waals surface area contributed by atoms with E-state index in [9.17, 15) is 26.4 Å². The van der Waals surface area contributed by atoms with E-state index in [1.54, 1.807) is 0 Å². The first-order valence-electron chi connectivity index (χ1n) is 6.71. The molecule has 0 atom stereocenters. The Morgan fingerprint density at radius 3 is 2.40 bits per heavy atom. The molecule has 0 radical (unpaired) electrons. The molecule has 6 nitrogen and oxygen atoms in total. The fourth-order valence-electron chi connectivity index (χ4n) is 2.29. The maximum absolute atomic E-state index is 13.7. The van der Waals surface area contributed by atoms with Crippen LogP contribution in [0.5, 0.6) is 0 Å². The van der Waals surface area contributed by atoms with Gasteiger partial charge in [-0.25, -0.2) is 26.4 Å². The molecule has 0 spiro atoms. The highest BCUT2D eigenvalue weighted by atomic mass is 32.2. The second kappa shape index (κ2) is 5.81. The molecule has 10 heteroatoms. The molecule has 0 saturated carbocycles. The molecular formula is C15H9F3N2O4S. The van der Waals surface area contributed by atoms with E-state index in [1.165, 1.54) is 24.4 Å². The van der Waals surface area contributed by atoms with E-state index in [0.29, 0.717) is 10.9 Å². The maximum atomic E-state index is 13.7. The second-order valence-corrected chi connectivity index (χ2v) is 6.72. The lowest BCUT2D eigenvalue weighted by molar-refractivity contribution is 0.0699. The van der Waals surface area contributed by atoms with Gasteiger partial charge in [-0.2, -0.15) is 0 Å². The molecule has 0 saturated heterocycles. The molecule has 130 valence electrons. The Bertz CT molecular complexity index is 1110. The zero-order valence-electron chi connectivity index (χ0n) is 12.2. The number of carboxylic acids is 1. The van der Waals surface area contributed by atoms with Crippen LogP contribution in [0.4, 0.5) is 18.9 Å². The lowest BCUT2D eigenvalue weighted by Crippen LogP contribution is -2.15. The van der Waals surface area contributed by atoms with Gasteiger partial charge in [0.2, 0.25) is 0 Å².